The van der Waals surface area contributed by atoms with Gasteiger partial charge in [0.25, 0.3) is 0 Å². The van der Waals surface area contributed by atoms with E-state index in [1.165, 1.54) is 15.6 Å². The predicted octanol–water partition coefficient (Wildman–Crippen LogP) is 0.536. The third-order valence-electron chi connectivity index (χ3n) is 2.71. The molecule has 5 nitrogen and oxygen atoms in total. The second-order valence-corrected chi connectivity index (χ2v) is 7.10. The molecule has 1 aromatic heterocycles. The Kier molecular flexibility index (Phi) is 3.84. The lowest BCUT2D eigenvalue weighted by molar-refractivity contribution is 0.0730. The molecule has 0 saturated carbocycles. The lowest BCUT2D eigenvalue weighted by Gasteiger charge is -2.25. The van der Waals surface area contributed by atoms with Crippen LogP contribution in [0.3, 0.4) is 0 Å². The second-order valence-electron chi connectivity index (χ2n) is 3.85. The number of nitrogens with zero attached hydrogens (tertiary/aromatic N) is 1. The Hall–Kier alpha value is -0.470. The van der Waals surface area contributed by atoms with Crippen molar-refractivity contribution in [2.45, 2.75) is 18.4 Å². The molecule has 0 amide bonds. The fraction of sp³-hybridized carbons (Fsp3) is 0.600. The first-order chi connectivity index (χ1) is 8.05. The van der Waals surface area contributed by atoms with Crippen LogP contribution in [0, 0.1) is 6.92 Å². The van der Waals surface area contributed by atoms with Gasteiger partial charge in [-0.05, 0) is 13.0 Å². The van der Waals surface area contributed by atoms with Gasteiger partial charge in [-0.3, -0.25) is 0 Å². The third-order valence-corrected chi connectivity index (χ3v) is 5.94. The van der Waals surface area contributed by atoms with Crippen LogP contribution in [0.5, 0.6) is 0 Å². The SMILES string of the molecule is Cc1sc(CN)cc1S(=O)(=O)N1CCOCC1. The van der Waals surface area contributed by atoms with E-state index in [-0.39, 0.29) is 0 Å². The summed E-state index contributed by atoms with van der Waals surface area (Å²) in [5, 5.41) is 0. The van der Waals surface area contributed by atoms with Gasteiger partial charge < -0.3 is 10.5 Å². The van der Waals surface area contributed by atoms with Gasteiger partial charge >= 0.3 is 0 Å². The van der Waals surface area contributed by atoms with Crippen LogP contribution in [0.15, 0.2) is 11.0 Å². The number of sulfonamides is 1. The highest BCUT2D eigenvalue weighted by atomic mass is 32.2. The topological polar surface area (TPSA) is 72.6 Å². The molecule has 0 aliphatic carbocycles. The molecule has 1 aliphatic rings. The van der Waals surface area contributed by atoms with E-state index in [2.05, 4.69) is 0 Å². The summed E-state index contributed by atoms with van der Waals surface area (Å²) in [6.45, 7) is 3.98. The predicted molar refractivity (Wildman–Crippen MR) is 66.5 cm³/mol. The Morgan fingerprint density at radius 3 is 2.65 bits per heavy atom. The van der Waals surface area contributed by atoms with E-state index in [0.29, 0.717) is 37.7 Å². The van der Waals surface area contributed by atoms with Crippen molar-refractivity contribution in [1.82, 2.24) is 4.31 Å². The average Bonchev–Trinajstić information content (AvgIpc) is 2.72. The van der Waals surface area contributed by atoms with Crippen molar-refractivity contribution < 1.29 is 13.2 Å². The highest BCUT2D eigenvalue weighted by Gasteiger charge is 2.28. The maximum absolute atomic E-state index is 12.4. The van der Waals surface area contributed by atoms with Crippen molar-refractivity contribution in [3.63, 3.8) is 0 Å². The Labute approximate surface area is 105 Å². The maximum atomic E-state index is 12.4. The first-order valence-electron chi connectivity index (χ1n) is 5.43. The first-order valence-corrected chi connectivity index (χ1v) is 7.68. The number of hydrogen-bond acceptors (Lipinski definition) is 5. The largest absolute Gasteiger partial charge is 0.379 e. The molecule has 1 saturated heterocycles. The van der Waals surface area contributed by atoms with Gasteiger partial charge in [-0.25, -0.2) is 8.42 Å². The van der Waals surface area contributed by atoms with Gasteiger partial charge in [0.1, 0.15) is 0 Å². The van der Waals surface area contributed by atoms with Crippen LogP contribution in [-0.2, 0) is 21.3 Å². The summed E-state index contributed by atoms with van der Waals surface area (Å²) in [5.41, 5.74) is 5.54. The van der Waals surface area contributed by atoms with E-state index in [1.807, 2.05) is 6.92 Å². The smallest absolute Gasteiger partial charge is 0.244 e. The molecule has 0 unspecified atom stereocenters. The minimum Gasteiger partial charge on any atom is -0.379 e. The van der Waals surface area contributed by atoms with Crippen molar-refractivity contribution in [1.29, 1.82) is 0 Å². The molecule has 7 heteroatoms. The molecule has 1 aliphatic heterocycles. The minimum absolute atomic E-state index is 0.379. The molecule has 96 valence electrons. The van der Waals surface area contributed by atoms with Crippen molar-refractivity contribution in [3.05, 3.63) is 15.8 Å². The number of rotatable bonds is 3. The average molecular weight is 276 g/mol. The summed E-state index contributed by atoms with van der Waals surface area (Å²) < 4.78 is 31.4. The quantitative estimate of drug-likeness (QED) is 0.874. The molecule has 1 fully saturated rings. The fourth-order valence-electron chi connectivity index (χ4n) is 1.81. The van der Waals surface area contributed by atoms with Crippen LogP contribution in [0.2, 0.25) is 0 Å². The van der Waals surface area contributed by atoms with E-state index in [9.17, 15) is 8.42 Å². The van der Waals surface area contributed by atoms with Crippen LogP contribution < -0.4 is 5.73 Å². The number of morpholine rings is 1. The molecule has 0 aromatic carbocycles. The van der Waals surface area contributed by atoms with Gasteiger partial charge in [0.15, 0.2) is 0 Å². The Balaban J connectivity index is 2.33. The number of nitrogens with two attached hydrogens (primary N) is 1. The summed E-state index contributed by atoms with van der Waals surface area (Å²) in [5.74, 6) is 0. The van der Waals surface area contributed by atoms with Crippen molar-refractivity contribution in [3.8, 4) is 0 Å². The summed E-state index contributed by atoms with van der Waals surface area (Å²) in [4.78, 5) is 2.09. The van der Waals surface area contributed by atoms with Crippen LogP contribution in [0.1, 0.15) is 9.75 Å². The van der Waals surface area contributed by atoms with Gasteiger partial charge in [-0.1, -0.05) is 0 Å². The van der Waals surface area contributed by atoms with Gasteiger partial charge in [0.05, 0.1) is 18.1 Å². The molecular weight excluding hydrogens is 260 g/mol. The molecule has 0 spiro atoms. The van der Waals surface area contributed by atoms with E-state index in [1.54, 1.807) is 6.07 Å². The standard InChI is InChI=1S/C10H16N2O3S2/c1-8-10(6-9(7-11)16-8)17(13,14)12-2-4-15-5-3-12/h6H,2-5,7,11H2,1H3. The van der Waals surface area contributed by atoms with Crippen LogP contribution >= 0.6 is 11.3 Å². The van der Waals surface area contributed by atoms with Gasteiger partial charge in [0.2, 0.25) is 10.0 Å². The van der Waals surface area contributed by atoms with Crippen LogP contribution in [-0.4, -0.2) is 39.0 Å². The molecule has 2 N–H and O–H groups in total. The van der Waals surface area contributed by atoms with Crippen molar-refractivity contribution in [2.75, 3.05) is 26.3 Å². The van der Waals surface area contributed by atoms with Crippen molar-refractivity contribution in [2.24, 2.45) is 5.73 Å². The molecule has 2 rings (SSSR count). The third kappa shape index (κ3) is 2.53. The fourth-order valence-corrected chi connectivity index (χ4v) is 4.70. The second kappa shape index (κ2) is 5.03. The first kappa shape index (κ1) is 13.0. The van der Waals surface area contributed by atoms with Gasteiger partial charge in [-0.15, -0.1) is 11.3 Å². The Morgan fingerprint density at radius 2 is 2.12 bits per heavy atom. The highest BCUT2D eigenvalue weighted by molar-refractivity contribution is 7.89. The van der Waals surface area contributed by atoms with Crippen molar-refractivity contribution >= 4 is 21.4 Å². The van der Waals surface area contributed by atoms with Gasteiger partial charge in [0, 0.05) is 29.4 Å². The Bertz CT molecular complexity index is 490. The molecule has 0 radical (unpaired) electrons. The zero-order chi connectivity index (χ0) is 12.5. The zero-order valence-corrected chi connectivity index (χ0v) is 11.3. The molecule has 0 atom stereocenters. The normalized spacial score (nSPS) is 18.5. The molecule has 0 bridgehead atoms. The summed E-state index contributed by atoms with van der Waals surface area (Å²) in [7, 11) is -3.37. The minimum atomic E-state index is -3.37. The van der Waals surface area contributed by atoms with Crippen LogP contribution in [0.4, 0.5) is 0 Å². The molecule has 1 aromatic rings. The van der Waals surface area contributed by atoms with E-state index in [4.69, 9.17) is 10.5 Å². The Morgan fingerprint density at radius 1 is 1.47 bits per heavy atom. The van der Waals surface area contributed by atoms with Gasteiger partial charge in [-0.2, -0.15) is 4.31 Å². The number of thiophene rings is 1. The zero-order valence-electron chi connectivity index (χ0n) is 9.68. The lowest BCUT2D eigenvalue weighted by atomic mass is 10.4. The maximum Gasteiger partial charge on any atom is 0.244 e. The highest BCUT2D eigenvalue weighted by Crippen LogP contribution is 2.28. The summed E-state index contributed by atoms with van der Waals surface area (Å²) in [6.07, 6.45) is 0. The number of aryl methyl sites for hydroxylation is 1. The molecular formula is C10H16N2O3S2. The number of ether oxygens (including phenoxy) is 1. The van der Waals surface area contributed by atoms with E-state index < -0.39 is 10.0 Å². The number of hydrogen-bond donors (Lipinski definition) is 1. The summed E-state index contributed by atoms with van der Waals surface area (Å²) in [6, 6.07) is 1.69. The lowest BCUT2D eigenvalue weighted by Crippen LogP contribution is -2.40. The summed E-state index contributed by atoms with van der Waals surface area (Å²) >= 11 is 1.44. The monoisotopic (exact) mass is 276 g/mol. The molecule has 2 heterocycles. The van der Waals surface area contributed by atoms with E-state index in [0.717, 1.165) is 9.75 Å². The van der Waals surface area contributed by atoms with E-state index >= 15 is 0 Å². The molecule has 17 heavy (non-hydrogen) atoms. The van der Waals surface area contributed by atoms with Crippen LogP contribution in [0.25, 0.3) is 0 Å².